The maximum atomic E-state index is 12.3. The van der Waals surface area contributed by atoms with Crippen LogP contribution in [-0.2, 0) is 30.8 Å². The molecule has 2 aromatic rings. The van der Waals surface area contributed by atoms with Gasteiger partial charge in [0.15, 0.2) is 6.61 Å². The van der Waals surface area contributed by atoms with Crippen LogP contribution < -0.4 is 5.32 Å². The van der Waals surface area contributed by atoms with E-state index in [0.29, 0.717) is 24.9 Å². The molecule has 0 radical (unpaired) electrons. The third-order valence-electron chi connectivity index (χ3n) is 5.13. The molecule has 0 saturated carbocycles. The first-order chi connectivity index (χ1) is 14.3. The minimum atomic E-state index is -3.25. The van der Waals surface area contributed by atoms with Crippen LogP contribution >= 0.6 is 0 Å². The highest BCUT2D eigenvalue weighted by Gasteiger charge is 2.30. The standard InChI is InChI=1S/C22H26N2O5S/c1-30(27,28)24-13-11-18(12-14-24)22(26)29-16-21(25)23-20-10-6-5-9-19(20)15-17-7-3-2-4-8-17/h2-10,18H,11-16H2,1H3,(H,23,25). The number of carbonyl (C=O) groups excluding carboxylic acids is 2. The van der Waals surface area contributed by atoms with E-state index in [1.165, 1.54) is 4.31 Å². The topological polar surface area (TPSA) is 92.8 Å². The van der Waals surface area contributed by atoms with Crippen molar-refractivity contribution in [3.8, 4) is 0 Å². The molecule has 30 heavy (non-hydrogen) atoms. The van der Waals surface area contributed by atoms with Crippen molar-refractivity contribution in [1.82, 2.24) is 4.31 Å². The van der Waals surface area contributed by atoms with E-state index >= 15 is 0 Å². The van der Waals surface area contributed by atoms with E-state index < -0.39 is 21.9 Å². The molecule has 7 nitrogen and oxygen atoms in total. The molecule has 1 aliphatic heterocycles. The fourth-order valence-corrected chi connectivity index (χ4v) is 4.35. The number of sulfonamides is 1. The largest absolute Gasteiger partial charge is 0.455 e. The number of rotatable bonds is 7. The molecule has 160 valence electrons. The molecule has 0 spiro atoms. The van der Waals surface area contributed by atoms with Gasteiger partial charge in [0.25, 0.3) is 5.91 Å². The van der Waals surface area contributed by atoms with Crippen molar-refractivity contribution >= 4 is 27.6 Å². The minimum Gasteiger partial charge on any atom is -0.455 e. The summed E-state index contributed by atoms with van der Waals surface area (Å²) in [5.41, 5.74) is 2.78. The Bertz CT molecular complexity index is 984. The van der Waals surface area contributed by atoms with Gasteiger partial charge in [-0.25, -0.2) is 12.7 Å². The van der Waals surface area contributed by atoms with Gasteiger partial charge in [-0.15, -0.1) is 0 Å². The molecule has 1 saturated heterocycles. The Hall–Kier alpha value is -2.71. The lowest BCUT2D eigenvalue weighted by Crippen LogP contribution is -2.40. The molecule has 1 amide bonds. The van der Waals surface area contributed by atoms with E-state index in [4.69, 9.17) is 4.74 Å². The van der Waals surface area contributed by atoms with Gasteiger partial charge in [-0.2, -0.15) is 0 Å². The van der Waals surface area contributed by atoms with E-state index in [2.05, 4.69) is 5.32 Å². The zero-order chi connectivity index (χ0) is 21.6. The molecule has 1 aliphatic rings. The van der Waals surface area contributed by atoms with Crippen LogP contribution in [-0.4, -0.2) is 50.6 Å². The van der Waals surface area contributed by atoms with Gasteiger partial charge in [0.05, 0.1) is 12.2 Å². The normalized spacial score (nSPS) is 15.5. The van der Waals surface area contributed by atoms with Crippen LogP contribution in [0.2, 0.25) is 0 Å². The predicted octanol–water partition coefficient (Wildman–Crippen LogP) is 2.43. The molecule has 0 atom stereocenters. The van der Waals surface area contributed by atoms with Crippen LogP contribution in [0, 0.1) is 5.92 Å². The number of hydrogen-bond donors (Lipinski definition) is 1. The number of carbonyl (C=O) groups is 2. The van der Waals surface area contributed by atoms with Gasteiger partial charge < -0.3 is 10.1 Å². The summed E-state index contributed by atoms with van der Waals surface area (Å²) in [6.07, 6.45) is 2.63. The lowest BCUT2D eigenvalue weighted by molar-refractivity contribution is -0.152. The lowest BCUT2D eigenvalue weighted by atomic mass is 9.98. The minimum absolute atomic E-state index is 0.289. The molecule has 2 aromatic carbocycles. The number of hydrogen-bond acceptors (Lipinski definition) is 5. The Morgan fingerprint density at radius 2 is 1.67 bits per heavy atom. The molecule has 0 unspecified atom stereocenters. The highest BCUT2D eigenvalue weighted by atomic mass is 32.2. The number of piperidine rings is 1. The monoisotopic (exact) mass is 430 g/mol. The van der Waals surface area contributed by atoms with Crippen molar-refractivity contribution in [2.24, 2.45) is 5.92 Å². The number of amides is 1. The van der Waals surface area contributed by atoms with Crippen LogP contribution in [0.3, 0.4) is 0 Å². The van der Waals surface area contributed by atoms with E-state index in [-0.39, 0.29) is 25.6 Å². The summed E-state index contributed by atoms with van der Waals surface area (Å²) in [5.74, 6) is -1.26. The van der Waals surface area contributed by atoms with E-state index in [1.807, 2.05) is 54.6 Å². The van der Waals surface area contributed by atoms with E-state index in [9.17, 15) is 18.0 Å². The first-order valence-corrected chi connectivity index (χ1v) is 11.7. The Labute approximate surface area is 177 Å². The van der Waals surface area contributed by atoms with Crippen molar-refractivity contribution < 1.29 is 22.7 Å². The Morgan fingerprint density at radius 3 is 2.33 bits per heavy atom. The van der Waals surface area contributed by atoms with Gasteiger partial charge in [0.1, 0.15) is 0 Å². The second-order valence-corrected chi connectivity index (χ2v) is 9.39. The smallest absolute Gasteiger partial charge is 0.309 e. The summed E-state index contributed by atoms with van der Waals surface area (Å²) in [7, 11) is -3.25. The molecule has 1 N–H and O–H groups in total. The summed E-state index contributed by atoms with van der Waals surface area (Å²) in [6, 6.07) is 17.5. The Morgan fingerprint density at radius 1 is 1.03 bits per heavy atom. The first kappa shape index (κ1) is 22.0. The van der Waals surface area contributed by atoms with Crippen molar-refractivity contribution in [3.05, 3.63) is 65.7 Å². The van der Waals surface area contributed by atoms with Gasteiger partial charge in [-0.1, -0.05) is 48.5 Å². The molecule has 8 heteroatoms. The van der Waals surface area contributed by atoms with Crippen LogP contribution in [0.5, 0.6) is 0 Å². The van der Waals surface area contributed by atoms with Crippen LogP contribution in [0.25, 0.3) is 0 Å². The number of nitrogens with zero attached hydrogens (tertiary/aromatic N) is 1. The molecule has 3 rings (SSSR count). The molecule has 0 aromatic heterocycles. The summed E-state index contributed by atoms with van der Waals surface area (Å²) in [4.78, 5) is 24.6. The molecule has 0 aliphatic carbocycles. The van der Waals surface area contributed by atoms with Crippen LogP contribution in [0.1, 0.15) is 24.0 Å². The van der Waals surface area contributed by atoms with Gasteiger partial charge in [0.2, 0.25) is 10.0 Å². The molecular weight excluding hydrogens is 404 g/mol. The molecule has 1 heterocycles. The number of nitrogens with one attached hydrogen (secondary N) is 1. The fourth-order valence-electron chi connectivity index (χ4n) is 3.48. The summed E-state index contributed by atoms with van der Waals surface area (Å²) < 4.78 is 29.6. The van der Waals surface area contributed by atoms with Gasteiger partial charge in [-0.05, 0) is 36.5 Å². The maximum Gasteiger partial charge on any atom is 0.309 e. The van der Waals surface area contributed by atoms with Gasteiger partial charge >= 0.3 is 5.97 Å². The van der Waals surface area contributed by atoms with Gasteiger partial charge in [-0.3, -0.25) is 9.59 Å². The zero-order valence-electron chi connectivity index (χ0n) is 16.9. The van der Waals surface area contributed by atoms with Crippen molar-refractivity contribution in [2.45, 2.75) is 19.3 Å². The molecule has 0 bridgehead atoms. The number of benzene rings is 2. The fraction of sp³-hybridized carbons (Fsp3) is 0.364. The number of esters is 1. The average Bonchev–Trinajstić information content (AvgIpc) is 2.74. The van der Waals surface area contributed by atoms with Crippen molar-refractivity contribution in [2.75, 3.05) is 31.3 Å². The van der Waals surface area contributed by atoms with Crippen LogP contribution in [0.15, 0.2) is 54.6 Å². The van der Waals surface area contributed by atoms with E-state index in [1.54, 1.807) is 0 Å². The summed E-state index contributed by atoms with van der Waals surface area (Å²) in [5, 5.41) is 2.81. The highest BCUT2D eigenvalue weighted by Crippen LogP contribution is 2.21. The average molecular weight is 431 g/mol. The highest BCUT2D eigenvalue weighted by molar-refractivity contribution is 7.88. The summed E-state index contributed by atoms with van der Waals surface area (Å²) >= 11 is 0. The number of anilines is 1. The third-order valence-corrected chi connectivity index (χ3v) is 6.43. The van der Waals surface area contributed by atoms with Gasteiger partial charge in [0, 0.05) is 18.8 Å². The summed E-state index contributed by atoms with van der Waals surface area (Å²) in [6.45, 7) is 0.208. The molecule has 1 fully saturated rings. The lowest BCUT2D eigenvalue weighted by Gasteiger charge is -2.28. The van der Waals surface area contributed by atoms with Crippen molar-refractivity contribution in [1.29, 1.82) is 0 Å². The Balaban J connectivity index is 1.50. The maximum absolute atomic E-state index is 12.3. The van der Waals surface area contributed by atoms with Crippen LogP contribution in [0.4, 0.5) is 5.69 Å². The van der Waals surface area contributed by atoms with E-state index in [0.717, 1.165) is 17.4 Å². The SMILES string of the molecule is CS(=O)(=O)N1CCC(C(=O)OCC(=O)Nc2ccccc2Cc2ccccc2)CC1. The Kier molecular flexibility index (Phi) is 7.23. The second kappa shape index (κ2) is 9.86. The number of para-hydroxylation sites is 1. The second-order valence-electron chi connectivity index (χ2n) is 7.41. The first-order valence-electron chi connectivity index (χ1n) is 9.86. The third kappa shape index (κ3) is 6.14. The molecular formula is C22H26N2O5S. The van der Waals surface area contributed by atoms with Crippen molar-refractivity contribution in [3.63, 3.8) is 0 Å². The predicted molar refractivity (Wildman–Crippen MR) is 114 cm³/mol. The quantitative estimate of drug-likeness (QED) is 0.681. The zero-order valence-corrected chi connectivity index (χ0v) is 17.7. The number of ether oxygens (including phenoxy) is 1.